The molecule has 0 saturated heterocycles. The molecule has 0 unspecified atom stereocenters. The fraction of sp³-hybridized carbons (Fsp3) is 0.381. The monoisotopic (exact) mass is 325 g/mol. The van der Waals surface area contributed by atoms with Crippen LogP contribution in [0.2, 0.25) is 0 Å². The van der Waals surface area contributed by atoms with Gasteiger partial charge in [-0.25, -0.2) is 0 Å². The molecule has 2 rings (SSSR count). The van der Waals surface area contributed by atoms with Crippen LogP contribution in [0.3, 0.4) is 0 Å². The molecule has 2 aromatic carbocycles. The smallest absolute Gasteiger partial charge is 0.251 e. The molecule has 2 aromatic rings. The molecular formula is C21H27NO2. The SMILES string of the molecule is CC(C)COc1ccc(C(=O)N[C@H](C)CCc2ccccc2)cc1. The lowest BCUT2D eigenvalue weighted by atomic mass is 10.1. The van der Waals surface area contributed by atoms with Gasteiger partial charge in [0.1, 0.15) is 5.75 Å². The van der Waals surface area contributed by atoms with Gasteiger partial charge >= 0.3 is 0 Å². The maximum absolute atomic E-state index is 12.3. The van der Waals surface area contributed by atoms with Gasteiger partial charge in [-0.3, -0.25) is 4.79 Å². The van der Waals surface area contributed by atoms with Gasteiger partial charge in [0.15, 0.2) is 0 Å². The lowest BCUT2D eigenvalue weighted by Gasteiger charge is -2.14. The molecule has 0 fully saturated rings. The average Bonchev–Trinajstić information content (AvgIpc) is 2.59. The molecule has 0 aromatic heterocycles. The first kappa shape index (κ1) is 18.1. The molecule has 128 valence electrons. The predicted molar refractivity (Wildman–Crippen MR) is 98.5 cm³/mol. The number of amides is 1. The van der Waals surface area contributed by atoms with Gasteiger partial charge in [-0.15, -0.1) is 0 Å². The second kappa shape index (κ2) is 9.11. The van der Waals surface area contributed by atoms with Crippen molar-refractivity contribution in [3.05, 3.63) is 65.7 Å². The molecule has 0 bridgehead atoms. The van der Waals surface area contributed by atoms with E-state index in [1.807, 2.05) is 49.4 Å². The molecule has 0 saturated carbocycles. The molecular weight excluding hydrogens is 298 g/mol. The zero-order valence-corrected chi connectivity index (χ0v) is 14.8. The topological polar surface area (TPSA) is 38.3 Å². The van der Waals surface area contributed by atoms with Crippen molar-refractivity contribution in [2.24, 2.45) is 5.92 Å². The standard InChI is InChI=1S/C21H27NO2/c1-16(2)15-24-20-13-11-19(12-14-20)21(23)22-17(3)9-10-18-7-5-4-6-8-18/h4-8,11-14,16-17H,9-10,15H2,1-3H3,(H,22,23)/t17-/m1/s1. The Bertz CT molecular complexity index is 620. The van der Waals surface area contributed by atoms with Gasteiger partial charge in [-0.05, 0) is 55.5 Å². The van der Waals surface area contributed by atoms with Crippen molar-refractivity contribution in [3.8, 4) is 5.75 Å². The zero-order chi connectivity index (χ0) is 17.4. The third-order valence-corrected chi connectivity index (χ3v) is 3.79. The van der Waals surface area contributed by atoms with Crippen molar-refractivity contribution in [1.82, 2.24) is 5.32 Å². The highest BCUT2D eigenvalue weighted by Gasteiger charge is 2.10. The Kier molecular flexibility index (Phi) is 6.86. The van der Waals surface area contributed by atoms with Crippen LogP contribution in [0.1, 0.15) is 43.1 Å². The molecule has 0 aliphatic rings. The number of hydrogen-bond acceptors (Lipinski definition) is 2. The van der Waals surface area contributed by atoms with E-state index in [1.165, 1.54) is 5.56 Å². The van der Waals surface area contributed by atoms with E-state index in [4.69, 9.17) is 4.74 Å². The van der Waals surface area contributed by atoms with Crippen molar-refractivity contribution < 1.29 is 9.53 Å². The molecule has 0 heterocycles. The number of ether oxygens (including phenoxy) is 1. The highest BCUT2D eigenvalue weighted by atomic mass is 16.5. The summed E-state index contributed by atoms with van der Waals surface area (Å²) in [6.07, 6.45) is 1.88. The van der Waals surface area contributed by atoms with Gasteiger partial charge in [-0.1, -0.05) is 44.2 Å². The fourth-order valence-corrected chi connectivity index (χ4v) is 2.37. The predicted octanol–water partition coefficient (Wildman–Crippen LogP) is 4.47. The summed E-state index contributed by atoms with van der Waals surface area (Å²) >= 11 is 0. The van der Waals surface area contributed by atoms with Crippen molar-refractivity contribution >= 4 is 5.91 Å². The Labute approximate surface area is 145 Å². The minimum atomic E-state index is -0.0361. The van der Waals surface area contributed by atoms with Crippen LogP contribution in [0.15, 0.2) is 54.6 Å². The first-order chi connectivity index (χ1) is 11.5. The van der Waals surface area contributed by atoms with Crippen LogP contribution in [0.4, 0.5) is 0 Å². The summed E-state index contributed by atoms with van der Waals surface area (Å²) in [5.74, 6) is 1.25. The number of hydrogen-bond donors (Lipinski definition) is 1. The van der Waals surface area contributed by atoms with E-state index in [1.54, 1.807) is 0 Å². The molecule has 3 nitrogen and oxygen atoms in total. The van der Waals surface area contributed by atoms with E-state index < -0.39 is 0 Å². The molecule has 0 radical (unpaired) electrons. The molecule has 0 aliphatic carbocycles. The van der Waals surface area contributed by atoms with E-state index in [9.17, 15) is 4.79 Å². The molecule has 0 spiro atoms. The van der Waals surface area contributed by atoms with Crippen LogP contribution in [-0.4, -0.2) is 18.6 Å². The van der Waals surface area contributed by atoms with Crippen molar-refractivity contribution in [1.29, 1.82) is 0 Å². The number of aryl methyl sites for hydroxylation is 1. The maximum Gasteiger partial charge on any atom is 0.251 e. The second-order valence-electron chi connectivity index (χ2n) is 6.63. The molecule has 0 aliphatic heterocycles. The highest BCUT2D eigenvalue weighted by molar-refractivity contribution is 5.94. The van der Waals surface area contributed by atoms with Crippen LogP contribution in [0.5, 0.6) is 5.75 Å². The summed E-state index contributed by atoms with van der Waals surface area (Å²) in [5.41, 5.74) is 1.96. The lowest BCUT2D eigenvalue weighted by Crippen LogP contribution is -2.32. The van der Waals surface area contributed by atoms with Crippen molar-refractivity contribution in [3.63, 3.8) is 0 Å². The first-order valence-corrected chi connectivity index (χ1v) is 8.62. The van der Waals surface area contributed by atoms with Gasteiger partial charge in [-0.2, -0.15) is 0 Å². The summed E-state index contributed by atoms with van der Waals surface area (Å²) in [4.78, 5) is 12.3. The van der Waals surface area contributed by atoms with Crippen molar-refractivity contribution in [2.45, 2.75) is 39.7 Å². The summed E-state index contributed by atoms with van der Waals surface area (Å²) in [6.45, 7) is 6.94. The first-order valence-electron chi connectivity index (χ1n) is 8.62. The van der Waals surface area contributed by atoms with Gasteiger partial charge in [0.25, 0.3) is 5.91 Å². The third kappa shape index (κ3) is 6.07. The summed E-state index contributed by atoms with van der Waals surface area (Å²) in [5, 5.41) is 3.06. The van der Waals surface area contributed by atoms with Gasteiger partial charge in [0, 0.05) is 11.6 Å². The minimum absolute atomic E-state index is 0.0361. The maximum atomic E-state index is 12.3. The normalized spacial score (nSPS) is 12.0. The van der Waals surface area contributed by atoms with E-state index in [0.29, 0.717) is 18.1 Å². The quantitative estimate of drug-likeness (QED) is 0.777. The van der Waals surface area contributed by atoms with Crippen LogP contribution in [0.25, 0.3) is 0 Å². The van der Waals surface area contributed by atoms with Gasteiger partial charge in [0.2, 0.25) is 0 Å². The van der Waals surface area contributed by atoms with Crippen LogP contribution >= 0.6 is 0 Å². The lowest BCUT2D eigenvalue weighted by molar-refractivity contribution is 0.0938. The Morgan fingerprint density at radius 2 is 1.67 bits per heavy atom. The molecule has 1 N–H and O–H groups in total. The van der Waals surface area contributed by atoms with E-state index in [-0.39, 0.29) is 11.9 Å². The van der Waals surface area contributed by atoms with E-state index in [2.05, 4.69) is 31.3 Å². The molecule has 1 amide bonds. The van der Waals surface area contributed by atoms with E-state index in [0.717, 1.165) is 18.6 Å². The molecule has 3 heteroatoms. The largest absolute Gasteiger partial charge is 0.493 e. The Balaban J connectivity index is 1.80. The molecule has 1 atom stereocenters. The van der Waals surface area contributed by atoms with Gasteiger partial charge < -0.3 is 10.1 Å². The Morgan fingerprint density at radius 3 is 2.29 bits per heavy atom. The second-order valence-corrected chi connectivity index (χ2v) is 6.63. The average molecular weight is 325 g/mol. The molecule has 24 heavy (non-hydrogen) atoms. The summed E-state index contributed by atoms with van der Waals surface area (Å²) in [6, 6.07) is 17.8. The summed E-state index contributed by atoms with van der Waals surface area (Å²) < 4.78 is 5.64. The van der Waals surface area contributed by atoms with Crippen LogP contribution in [0, 0.1) is 5.92 Å². The van der Waals surface area contributed by atoms with Crippen LogP contribution < -0.4 is 10.1 Å². The van der Waals surface area contributed by atoms with Gasteiger partial charge in [0.05, 0.1) is 6.61 Å². The number of carbonyl (C=O) groups is 1. The van der Waals surface area contributed by atoms with Crippen molar-refractivity contribution in [2.75, 3.05) is 6.61 Å². The fourth-order valence-electron chi connectivity index (χ4n) is 2.37. The Morgan fingerprint density at radius 1 is 1.00 bits per heavy atom. The zero-order valence-electron chi connectivity index (χ0n) is 14.8. The summed E-state index contributed by atoms with van der Waals surface area (Å²) in [7, 11) is 0. The van der Waals surface area contributed by atoms with E-state index >= 15 is 0 Å². The third-order valence-electron chi connectivity index (χ3n) is 3.79. The number of nitrogens with one attached hydrogen (secondary N) is 1. The Hall–Kier alpha value is -2.29. The minimum Gasteiger partial charge on any atom is -0.493 e. The number of rotatable bonds is 8. The number of benzene rings is 2. The highest BCUT2D eigenvalue weighted by Crippen LogP contribution is 2.14. The number of carbonyl (C=O) groups excluding carboxylic acids is 1. The van der Waals surface area contributed by atoms with Crippen LogP contribution in [-0.2, 0) is 6.42 Å².